The summed E-state index contributed by atoms with van der Waals surface area (Å²) in [4.78, 5) is 30.4. The fourth-order valence-corrected chi connectivity index (χ4v) is 4.71. The third-order valence-electron chi connectivity index (χ3n) is 6.53. The molecule has 2 aliphatic rings. The van der Waals surface area contributed by atoms with Gasteiger partial charge in [0.05, 0.1) is 25.0 Å². The van der Waals surface area contributed by atoms with Crippen LogP contribution in [0.3, 0.4) is 0 Å². The maximum atomic E-state index is 13.7. The molecule has 0 bridgehead atoms. The molecule has 3 amide bonds. The summed E-state index contributed by atoms with van der Waals surface area (Å²) in [7, 11) is 0. The number of hydrazone groups is 1. The molecule has 0 aromatic heterocycles. The minimum atomic E-state index is -0.431. The topological polar surface area (TPSA) is 77.5 Å². The lowest BCUT2D eigenvalue weighted by atomic mass is 9.98. The highest BCUT2D eigenvalue weighted by Gasteiger charge is 2.35. The zero-order chi connectivity index (χ0) is 26.2. The van der Waals surface area contributed by atoms with Gasteiger partial charge in [0.15, 0.2) is 0 Å². The molecule has 2 aliphatic heterocycles. The Morgan fingerprint density at radius 3 is 2.59 bits per heavy atom. The molecule has 2 heterocycles. The number of ether oxygens (including phenoxy) is 1. The van der Waals surface area contributed by atoms with E-state index in [1.54, 1.807) is 18.2 Å². The van der Waals surface area contributed by atoms with Crippen LogP contribution >= 0.6 is 11.6 Å². The van der Waals surface area contributed by atoms with E-state index >= 15 is 0 Å². The van der Waals surface area contributed by atoms with Gasteiger partial charge >= 0.3 is 6.03 Å². The summed E-state index contributed by atoms with van der Waals surface area (Å²) in [6.07, 6.45) is 1.22. The fraction of sp³-hybridized carbons (Fsp3) is 0.444. The lowest BCUT2D eigenvalue weighted by Gasteiger charge is -2.31. The monoisotopic (exact) mass is 529 g/mol. The molecule has 0 spiro atoms. The fourth-order valence-electron chi connectivity index (χ4n) is 4.46. The highest BCUT2D eigenvalue weighted by atomic mass is 35.5. The van der Waals surface area contributed by atoms with Crippen molar-refractivity contribution < 1.29 is 18.7 Å². The number of morpholine rings is 1. The van der Waals surface area contributed by atoms with Crippen molar-refractivity contribution in [1.29, 1.82) is 0 Å². The largest absolute Gasteiger partial charge is 0.379 e. The second kappa shape index (κ2) is 13.0. The van der Waals surface area contributed by atoms with Crippen molar-refractivity contribution in [3.63, 3.8) is 0 Å². The number of carbonyl (C=O) groups is 2. The molecule has 0 saturated carbocycles. The number of carbonyl (C=O) groups excluding carboxylic acids is 2. The Morgan fingerprint density at radius 2 is 1.89 bits per heavy atom. The van der Waals surface area contributed by atoms with Gasteiger partial charge in [-0.05, 0) is 30.2 Å². The van der Waals surface area contributed by atoms with Gasteiger partial charge in [0.25, 0.3) is 5.91 Å². The lowest BCUT2D eigenvalue weighted by Crippen LogP contribution is -2.49. The summed E-state index contributed by atoms with van der Waals surface area (Å²) >= 11 is 6.43. The number of nitrogens with one attached hydrogen (secondary N) is 1. The van der Waals surface area contributed by atoms with Gasteiger partial charge in [0, 0.05) is 49.7 Å². The number of benzene rings is 2. The van der Waals surface area contributed by atoms with Crippen LogP contribution in [0.4, 0.5) is 9.18 Å². The Kier molecular flexibility index (Phi) is 9.49. The highest BCUT2D eigenvalue weighted by Crippen LogP contribution is 2.34. The van der Waals surface area contributed by atoms with E-state index in [1.165, 1.54) is 22.0 Å². The molecular formula is C27H33ClFN5O3. The first kappa shape index (κ1) is 27.0. The third-order valence-corrected chi connectivity index (χ3v) is 6.86. The van der Waals surface area contributed by atoms with Crippen LogP contribution in [-0.2, 0) is 9.53 Å². The number of hydrogen-bond acceptors (Lipinski definition) is 5. The Hall–Kier alpha value is -3.01. The van der Waals surface area contributed by atoms with Crippen LogP contribution in [0, 0.1) is 5.82 Å². The van der Waals surface area contributed by atoms with Crippen LogP contribution in [0.25, 0.3) is 0 Å². The first-order valence-corrected chi connectivity index (χ1v) is 13.1. The number of urea groups is 1. The Morgan fingerprint density at radius 1 is 1.16 bits per heavy atom. The predicted molar refractivity (Wildman–Crippen MR) is 141 cm³/mol. The van der Waals surface area contributed by atoms with Gasteiger partial charge in [-0.2, -0.15) is 5.10 Å². The van der Waals surface area contributed by atoms with E-state index in [9.17, 15) is 14.0 Å². The molecule has 2 aromatic carbocycles. The zero-order valence-electron chi connectivity index (χ0n) is 21.0. The van der Waals surface area contributed by atoms with Gasteiger partial charge in [0.1, 0.15) is 12.4 Å². The van der Waals surface area contributed by atoms with Crippen LogP contribution in [0.1, 0.15) is 36.9 Å². The van der Waals surface area contributed by atoms with Crippen LogP contribution in [-0.4, -0.2) is 84.9 Å². The molecule has 1 N–H and O–H groups in total. The third kappa shape index (κ3) is 7.06. The SMILES string of the molecule is CCCNC(=O)N(CCN1CCOCC1)CC(=O)N1N=C(c2ccccc2Cl)C[C@H]1c1ccc(F)cc1. The van der Waals surface area contributed by atoms with E-state index in [1.807, 2.05) is 25.1 Å². The van der Waals surface area contributed by atoms with Crippen LogP contribution in [0.15, 0.2) is 53.6 Å². The van der Waals surface area contributed by atoms with Gasteiger partial charge in [-0.1, -0.05) is 48.9 Å². The van der Waals surface area contributed by atoms with Crippen molar-refractivity contribution in [2.75, 3.05) is 52.5 Å². The van der Waals surface area contributed by atoms with Crippen molar-refractivity contribution >= 4 is 29.3 Å². The summed E-state index contributed by atoms with van der Waals surface area (Å²) in [6.45, 7) is 6.33. The maximum Gasteiger partial charge on any atom is 0.317 e. The second-order valence-electron chi connectivity index (χ2n) is 9.14. The van der Waals surface area contributed by atoms with E-state index in [4.69, 9.17) is 16.3 Å². The van der Waals surface area contributed by atoms with E-state index in [2.05, 4.69) is 15.3 Å². The molecule has 2 aromatic rings. The number of nitrogens with zero attached hydrogens (tertiary/aromatic N) is 4. The number of rotatable bonds is 9. The standard InChI is InChI=1S/C27H33ClFN5O3/c1-2-11-30-27(36)33(13-12-32-14-16-37-17-15-32)19-26(35)34-25(20-7-9-21(29)10-8-20)18-24(31-34)22-5-3-4-6-23(22)28/h3-10,25H,2,11-19H2,1H3,(H,30,36)/t25-/m0/s1. The maximum absolute atomic E-state index is 13.7. The summed E-state index contributed by atoms with van der Waals surface area (Å²) < 4.78 is 19.0. The first-order valence-electron chi connectivity index (χ1n) is 12.7. The smallest absolute Gasteiger partial charge is 0.317 e. The second-order valence-corrected chi connectivity index (χ2v) is 9.55. The normalized spacial score (nSPS) is 18.0. The molecule has 10 heteroatoms. The van der Waals surface area contributed by atoms with Gasteiger partial charge in [-0.3, -0.25) is 9.69 Å². The van der Waals surface area contributed by atoms with Gasteiger partial charge in [0.2, 0.25) is 0 Å². The molecule has 1 atom stereocenters. The number of hydrogen-bond donors (Lipinski definition) is 1. The molecule has 0 unspecified atom stereocenters. The van der Waals surface area contributed by atoms with Crippen molar-refractivity contribution in [1.82, 2.24) is 20.1 Å². The van der Waals surface area contributed by atoms with Gasteiger partial charge in [-0.15, -0.1) is 0 Å². The van der Waals surface area contributed by atoms with E-state index in [-0.39, 0.29) is 24.3 Å². The van der Waals surface area contributed by atoms with Crippen LogP contribution in [0.5, 0.6) is 0 Å². The Bertz CT molecular complexity index is 1110. The lowest BCUT2D eigenvalue weighted by molar-refractivity contribution is -0.133. The number of halogens is 2. The van der Waals surface area contributed by atoms with Crippen molar-refractivity contribution in [3.8, 4) is 0 Å². The molecular weight excluding hydrogens is 497 g/mol. The van der Waals surface area contributed by atoms with E-state index < -0.39 is 6.04 Å². The molecule has 37 heavy (non-hydrogen) atoms. The van der Waals surface area contributed by atoms with Gasteiger partial charge in [-0.25, -0.2) is 14.2 Å². The van der Waals surface area contributed by atoms with E-state index in [0.29, 0.717) is 50.0 Å². The molecule has 1 saturated heterocycles. The van der Waals surface area contributed by atoms with Crippen molar-refractivity contribution in [2.45, 2.75) is 25.8 Å². The summed E-state index contributed by atoms with van der Waals surface area (Å²) in [5.41, 5.74) is 2.18. The predicted octanol–water partition coefficient (Wildman–Crippen LogP) is 3.91. The average Bonchev–Trinajstić information content (AvgIpc) is 3.36. The van der Waals surface area contributed by atoms with Crippen molar-refractivity contribution in [2.24, 2.45) is 5.10 Å². The molecule has 198 valence electrons. The molecule has 0 aliphatic carbocycles. The molecule has 8 nitrogen and oxygen atoms in total. The van der Waals surface area contributed by atoms with Gasteiger partial charge < -0.3 is 15.0 Å². The summed E-state index contributed by atoms with van der Waals surface area (Å²) in [5.74, 6) is -0.668. The van der Waals surface area contributed by atoms with Crippen LogP contribution in [0.2, 0.25) is 5.02 Å². The zero-order valence-corrected chi connectivity index (χ0v) is 21.8. The molecule has 0 radical (unpaired) electrons. The quantitative estimate of drug-likeness (QED) is 0.534. The Balaban J connectivity index is 1.55. The first-order chi connectivity index (χ1) is 18.0. The minimum Gasteiger partial charge on any atom is -0.379 e. The minimum absolute atomic E-state index is 0.128. The Labute approximate surface area is 222 Å². The number of amides is 3. The van der Waals surface area contributed by atoms with E-state index in [0.717, 1.165) is 30.6 Å². The van der Waals surface area contributed by atoms with Crippen LogP contribution < -0.4 is 5.32 Å². The highest BCUT2D eigenvalue weighted by molar-refractivity contribution is 6.34. The summed E-state index contributed by atoms with van der Waals surface area (Å²) in [5, 5.41) is 9.50. The molecule has 1 fully saturated rings. The average molecular weight is 530 g/mol. The van der Waals surface area contributed by atoms with Crippen molar-refractivity contribution in [3.05, 3.63) is 70.5 Å². The molecule has 4 rings (SSSR count). The summed E-state index contributed by atoms with van der Waals surface area (Å²) in [6, 6.07) is 12.7.